The highest BCUT2D eigenvalue weighted by Gasteiger charge is 2.18. The van der Waals surface area contributed by atoms with E-state index in [1.807, 2.05) is 22.1 Å². The molecule has 130 valence electrons. The van der Waals surface area contributed by atoms with Gasteiger partial charge in [0.25, 0.3) is 5.91 Å². The highest BCUT2D eigenvalue weighted by Crippen LogP contribution is 2.26. The second-order valence-corrected chi connectivity index (χ2v) is 6.83. The third-order valence-corrected chi connectivity index (χ3v) is 4.74. The molecule has 0 aliphatic rings. The van der Waals surface area contributed by atoms with Gasteiger partial charge < -0.3 is 14.8 Å². The number of hydrogen-bond acceptors (Lipinski definition) is 3. The quantitative estimate of drug-likeness (QED) is 0.762. The van der Waals surface area contributed by atoms with Gasteiger partial charge in [-0.1, -0.05) is 12.1 Å². The van der Waals surface area contributed by atoms with E-state index in [0.717, 1.165) is 15.8 Å². The zero-order chi connectivity index (χ0) is 18.0. The zero-order valence-electron chi connectivity index (χ0n) is 14.0. The Hall–Kier alpha value is -2.67. The van der Waals surface area contributed by atoms with Crippen molar-refractivity contribution in [1.29, 1.82) is 0 Å². The number of nitrogens with one attached hydrogen (secondary N) is 1. The lowest BCUT2D eigenvalue weighted by molar-refractivity contribution is -0.127. The van der Waals surface area contributed by atoms with Crippen molar-refractivity contribution in [2.75, 3.05) is 20.6 Å². The van der Waals surface area contributed by atoms with Gasteiger partial charge >= 0.3 is 0 Å². The number of likely N-dealkylation sites (N-methyl/N-ethyl adjacent to an activating group) is 1. The molecule has 0 atom stereocenters. The van der Waals surface area contributed by atoms with Crippen LogP contribution in [0.1, 0.15) is 16.1 Å². The van der Waals surface area contributed by atoms with Crippen molar-refractivity contribution in [3.8, 4) is 0 Å². The molecule has 0 radical (unpaired) electrons. The number of carbonyl (C=O) groups excluding carboxylic acids is 2. The molecule has 0 bridgehead atoms. The van der Waals surface area contributed by atoms with Gasteiger partial charge in [-0.05, 0) is 35.2 Å². The Kier molecular flexibility index (Phi) is 4.85. The number of benzene rings is 1. The van der Waals surface area contributed by atoms with E-state index in [9.17, 15) is 14.0 Å². The van der Waals surface area contributed by atoms with E-state index >= 15 is 0 Å². The van der Waals surface area contributed by atoms with Crippen molar-refractivity contribution in [3.05, 3.63) is 58.9 Å². The minimum atomic E-state index is -0.324. The molecule has 25 heavy (non-hydrogen) atoms. The SMILES string of the molecule is CN(C)C(=O)CNC(=O)c1cc2sccc2n1Cc1cccc(F)c1. The predicted molar refractivity (Wildman–Crippen MR) is 96.3 cm³/mol. The summed E-state index contributed by atoms with van der Waals surface area (Å²) in [5.41, 5.74) is 2.14. The van der Waals surface area contributed by atoms with Crippen molar-refractivity contribution < 1.29 is 14.0 Å². The largest absolute Gasteiger partial charge is 0.347 e. The predicted octanol–water partition coefficient (Wildman–Crippen LogP) is 2.71. The summed E-state index contributed by atoms with van der Waals surface area (Å²) in [5, 5.41) is 4.60. The molecular weight excluding hydrogens is 341 g/mol. The van der Waals surface area contributed by atoms with Crippen molar-refractivity contribution >= 4 is 33.4 Å². The number of halogens is 1. The molecule has 7 heteroatoms. The first kappa shape index (κ1) is 17.2. The van der Waals surface area contributed by atoms with Crippen molar-refractivity contribution in [2.24, 2.45) is 0 Å². The van der Waals surface area contributed by atoms with Crippen LogP contribution in [0.15, 0.2) is 41.8 Å². The summed E-state index contributed by atoms with van der Waals surface area (Å²) in [4.78, 5) is 25.6. The molecule has 2 amide bonds. The summed E-state index contributed by atoms with van der Waals surface area (Å²) >= 11 is 1.53. The highest BCUT2D eigenvalue weighted by molar-refractivity contribution is 7.17. The van der Waals surface area contributed by atoms with Crippen molar-refractivity contribution in [1.82, 2.24) is 14.8 Å². The Morgan fingerprint density at radius 2 is 2.04 bits per heavy atom. The molecule has 3 aromatic rings. The van der Waals surface area contributed by atoms with Crippen LogP contribution in [-0.4, -0.2) is 41.9 Å². The third kappa shape index (κ3) is 3.71. The maximum atomic E-state index is 13.5. The first-order valence-corrected chi connectivity index (χ1v) is 8.63. The molecule has 1 N–H and O–H groups in total. The highest BCUT2D eigenvalue weighted by atomic mass is 32.1. The molecule has 0 saturated heterocycles. The molecule has 2 heterocycles. The first-order chi connectivity index (χ1) is 12.0. The normalized spacial score (nSPS) is 10.8. The molecule has 0 unspecified atom stereocenters. The summed E-state index contributed by atoms with van der Waals surface area (Å²) in [7, 11) is 3.27. The zero-order valence-corrected chi connectivity index (χ0v) is 14.8. The van der Waals surface area contributed by atoms with Gasteiger partial charge in [-0.3, -0.25) is 9.59 Å². The van der Waals surface area contributed by atoms with Gasteiger partial charge in [0, 0.05) is 20.6 Å². The number of carbonyl (C=O) groups is 2. The molecular formula is C18H18FN3O2S. The molecule has 0 aliphatic heterocycles. The number of nitrogens with zero attached hydrogens (tertiary/aromatic N) is 2. The Labute approximate surface area is 148 Å². The summed E-state index contributed by atoms with van der Waals surface area (Å²) in [6.07, 6.45) is 0. The van der Waals surface area contributed by atoms with Gasteiger partial charge in [0.2, 0.25) is 5.91 Å². The van der Waals surface area contributed by atoms with Gasteiger partial charge in [-0.25, -0.2) is 4.39 Å². The van der Waals surface area contributed by atoms with Crippen LogP contribution in [0.2, 0.25) is 0 Å². The Bertz CT molecular complexity index is 929. The lowest BCUT2D eigenvalue weighted by atomic mass is 10.2. The van der Waals surface area contributed by atoms with E-state index in [2.05, 4.69) is 5.32 Å². The topological polar surface area (TPSA) is 54.3 Å². The summed E-state index contributed by atoms with van der Waals surface area (Å²) in [5.74, 6) is -0.817. The number of amides is 2. The van der Waals surface area contributed by atoms with Crippen LogP contribution in [0.3, 0.4) is 0 Å². The number of aromatic nitrogens is 1. The van der Waals surface area contributed by atoms with Gasteiger partial charge in [-0.15, -0.1) is 11.3 Å². The Balaban J connectivity index is 1.89. The second kappa shape index (κ2) is 7.06. The fourth-order valence-electron chi connectivity index (χ4n) is 2.56. The second-order valence-electron chi connectivity index (χ2n) is 5.89. The van der Waals surface area contributed by atoms with Crippen LogP contribution in [-0.2, 0) is 11.3 Å². The number of rotatable bonds is 5. The maximum absolute atomic E-state index is 13.5. The number of fused-ring (bicyclic) bond motifs is 1. The van der Waals surface area contributed by atoms with Gasteiger partial charge in [-0.2, -0.15) is 0 Å². The summed E-state index contributed by atoms with van der Waals surface area (Å²) in [6, 6.07) is 10.0. The smallest absolute Gasteiger partial charge is 0.268 e. The third-order valence-electron chi connectivity index (χ3n) is 3.88. The summed E-state index contributed by atoms with van der Waals surface area (Å²) < 4.78 is 16.3. The summed E-state index contributed by atoms with van der Waals surface area (Å²) in [6.45, 7) is 0.313. The van der Waals surface area contributed by atoms with E-state index in [4.69, 9.17) is 0 Å². The first-order valence-electron chi connectivity index (χ1n) is 7.75. The molecule has 1 aromatic carbocycles. The van der Waals surface area contributed by atoms with E-state index in [-0.39, 0.29) is 24.2 Å². The molecule has 5 nitrogen and oxygen atoms in total. The molecule has 0 aliphatic carbocycles. The average molecular weight is 359 g/mol. The van der Waals surface area contributed by atoms with E-state index in [1.165, 1.54) is 28.4 Å². The van der Waals surface area contributed by atoms with Crippen LogP contribution in [0, 0.1) is 5.82 Å². The van der Waals surface area contributed by atoms with Crippen molar-refractivity contribution in [2.45, 2.75) is 6.54 Å². The standard InChI is InChI=1S/C18H18FN3O2S/c1-21(2)17(23)10-20-18(24)15-9-16-14(6-7-25-16)22(15)11-12-4-3-5-13(19)8-12/h3-9H,10-11H2,1-2H3,(H,20,24). The van der Waals surface area contributed by atoms with E-state index in [1.54, 1.807) is 26.2 Å². The minimum absolute atomic E-state index is 0.0649. The Morgan fingerprint density at radius 3 is 2.76 bits per heavy atom. The Morgan fingerprint density at radius 1 is 1.24 bits per heavy atom. The van der Waals surface area contributed by atoms with E-state index < -0.39 is 0 Å². The number of hydrogen-bond donors (Lipinski definition) is 1. The van der Waals surface area contributed by atoms with Gasteiger partial charge in [0.05, 0.1) is 16.8 Å². The average Bonchev–Trinajstić information content (AvgIpc) is 3.15. The molecule has 0 fully saturated rings. The van der Waals surface area contributed by atoms with Crippen LogP contribution in [0.25, 0.3) is 10.2 Å². The molecule has 2 aromatic heterocycles. The van der Waals surface area contributed by atoms with Crippen LogP contribution >= 0.6 is 11.3 Å². The van der Waals surface area contributed by atoms with Crippen LogP contribution in [0.5, 0.6) is 0 Å². The van der Waals surface area contributed by atoms with Crippen LogP contribution < -0.4 is 5.32 Å². The van der Waals surface area contributed by atoms with Gasteiger partial charge in [0.15, 0.2) is 0 Å². The molecule has 3 rings (SSSR count). The van der Waals surface area contributed by atoms with Crippen LogP contribution in [0.4, 0.5) is 4.39 Å². The van der Waals surface area contributed by atoms with Crippen molar-refractivity contribution in [3.63, 3.8) is 0 Å². The lowest BCUT2D eigenvalue weighted by Gasteiger charge is -2.13. The fourth-order valence-corrected chi connectivity index (χ4v) is 3.38. The minimum Gasteiger partial charge on any atom is -0.347 e. The van der Waals surface area contributed by atoms with Gasteiger partial charge in [0.1, 0.15) is 11.5 Å². The fraction of sp³-hybridized carbons (Fsp3) is 0.222. The monoisotopic (exact) mass is 359 g/mol. The maximum Gasteiger partial charge on any atom is 0.268 e. The molecule has 0 spiro atoms. The molecule has 0 saturated carbocycles. The number of thiophene rings is 1. The lowest BCUT2D eigenvalue weighted by Crippen LogP contribution is -2.37. The van der Waals surface area contributed by atoms with E-state index in [0.29, 0.717) is 12.2 Å².